The van der Waals surface area contributed by atoms with Crippen molar-refractivity contribution in [2.45, 2.75) is 0 Å². The Morgan fingerprint density at radius 3 is 2.43 bits per heavy atom. The zero-order valence-electron chi connectivity index (χ0n) is 14.4. The maximum atomic E-state index is 12.6. The first-order chi connectivity index (χ1) is 13.5. The maximum Gasteiger partial charge on any atom is 0.262 e. The average Bonchev–Trinajstić information content (AvgIpc) is 2.85. The van der Waals surface area contributed by atoms with E-state index in [1.165, 1.54) is 4.57 Å². The molecule has 0 spiro atoms. The fraction of sp³-hybridized carbons (Fsp3) is 0. The number of nitrogens with zero attached hydrogens (tertiary/aromatic N) is 1. The molecule has 0 radical (unpaired) electrons. The van der Waals surface area contributed by atoms with E-state index in [0.29, 0.717) is 17.2 Å². The fourth-order valence-corrected chi connectivity index (χ4v) is 3.44. The van der Waals surface area contributed by atoms with Gasteiger partial charge in [-0.2, -0.15) is 0 Å². The molecule has 3 aromatic rings. The van der Waals surface area contributed by atoms with E-state index in [-0.39, 0.29) is 16.9 Å². The molecule has 2 aliphatic rings. The van der Waals surface area contributed by atoms with Crippen molar-refractivity contribution >= 4 is 29.8 Å². The molecular weight excluding hydrogens is 358 g/mol. The molecule has 0 unspecified atom stereocenters. The highest BCUT2D eigenvalue weighted by molar-refractivity contribution is 6.23. The van der Waals surface area contributed by atoms with E-state index in [0.717, 1.165) is 17.2 Å². The zero-order chi connectivity index (χ0) is 19.4. The SMILES string of the molecule is Nc1c2c(cc(=O)n1-c1ccc3c(c1)Oc1ccccc1C=C3)C(=O)NC2=O. The fourth-order valence-electron chi connectivity index (χ4n) is 3.44. The van der Waals surface area contributed by atoms with Crippen LogP contribution in [0.3, 0.4) is 0 Å². The number of rotatable bonds is 1. The van der Waals surface area contributed by atoms with Crippen LogP contribution in [-0.2, 0) is 0 Å². The Kier molecular flexibility index (Phi) is 3.26. The quantitative estimate of drug-likeness (QED) is 0.501. The average molecular weight is 371 g/mol. The number of benzene rings is 2. The number of nitrogens with one attached hydrogen (secondary N) is 1. The number of anilines is 1. The second-order valence-corrected chi connectivity index (χ2v) is 6.47. The standard InChI is InChI=1S/C21H13N3O4/c22-19-18-14(20(26)23-21(18)27)10-17(25)24(19)13-8-7-12-6-5-11-3-1-2-4-15(11)28-16(12)9-13/h1-10H,22H2,(H,23,26,27). The van der Waals surface area contributed by atoms with Gasteiger partial charge in [-0.25, -0.2) is 0 Å². The monoisotopic (exact) mass is 371 g/mol. The molecule has 3 N–H and O–H groups in total. The van der Waals surface area contributed by atoms with Gasteiger partial charge >= 0.3 is 0 Å². The summed E-state index contributed by atoms with van der Waals surface area (Å²) in [6.45, 7) is 0. The van der Waals surface area contributed by atoms with Crippen molar-refractivity contribution in [3.05, 3.63) is 81.1 Å². The van der Waals surface area contributed by atoms with Gasteiger partial charge in [0.05, 0.1) is 16.8 Å². The Hall–Kier alpha value is -4.13. The van der Waals surface area contributed by atoms with Gasteiger partial charge in [0.15, 0.2) is 0 Å². The van der Waals surface area contributed by atoms with Crippen molar-refractivity contribution in [1.82, 2.24) is 9.88 Å². The summed E-state index contributed by atoms with van der Waals surface area (Å²) in [4.78, 5) is 36.5. The summed E-state index contributed by atoms with van der Waals surface area (Å²) in [7, 11) is 0. The number of nitrogens with two attached hydrogens (primary N) is 1. The van der Waals surface area contributed by atoms with Gasteiger partial charge in [-0.15, -0.1) is 0 Å². The van der Waals surface area contributed by atoms with Crippen LogP contribution in [0.5, 0.6) is 11.5 Å². The van der Waals surface area contributed by atoms with E-state index in [2.05, 4.69) is 5.32 Å². The smallest absolute Gasteiger partial charge is 0.262 e. The highest BCUT2D eigenvalue weighted by Crippen LogP contribution is 2.35. The third-order valence-corrected chi connectivity index (χ3v) is 4.79. The van der Waals surface area contributed by atoms with Crippen LogP contribution in [0.15, 0.2) is 53.3 Å². The van der Waals surface area contributed by atoms with Crippen molar-refractivity contribution < 1.29 is 14.3 Å². The van der Waals surface area contributed by atoms with Gasteiger partial charge in [-0.3, -0.25) is 24.3 Å². The molecule has 28 heavy (non-hydrogen) atoms. The van der Waals surface area contributed by atoms with Gasteiger partial charge in [0.1, 0.15) is 17.3 Å². The third kappa shape index (κ3) is 2.26. The van der Waals surface area contributed by atoms with Gasteiger partial charge in [0.2, 0.25) is 0 Å². The summed E-state index contributed by atoms with van der Waals surface area (Å²) in [5.74, 6) is -0.0904. The lowest BCUT2D eigenvalue weighted by atomic mass is 10.1. The van der Waals surface area contributed by atoms with Crippen LogP contribution in [0.1, 0.15) is 31.8 Å². The van der Waals surface area contributed by atoms with Crippen molar-refractivity contribution in [2.24, 2.45) is 0 Å². The first-order valence-electron chi connectivity index (χ1n) is 8.53. The van der Waals surface area contributed by atoms with Gasteiger partial charge in [-0.05, 0) is 18.2 Å². The van der Waals surface area contributed by atoms with E-state index >= 15 is 0 Å². The number of ether oxygens (including phenoxy) is 1. The van der Waals surface area contributed by atoms with Crippen LogP contribution in [0, 0.1) is 0 Å². The molecule has 7 nitrogen and oxygen atoms in total. The lowest BCUT2D eigenvalue weighted by molar-refractivity contribution is 0.0880. The van der Waals surface area contributed by atoms with E-state index in [4.69, 9.17) is 10.5 Å². The van der Waals surface area contributed by atoms with E-state index in [1.54, 1.807) is 18.2 Å². The molecule has 3 heterocycles. The summed E-state index contributed by atoms with van der Waals surface area (Å²) in [6, 6.07) is 13.9. The van der Waals surface area contributed by atoms with Gasteiger partial charge in [0, 0.05) is 23.3 Å². The molecule has 0 bridgehead atoms. The molecule has 2 amide bonds. The summed E-state index contributed by atoms with van der Waals surface area (Å²) in [5, 5.41) is 2.15. The van der Waals surface area contributed by atoms with Crippen LogP contribution in [0.2, 0.25) is 0 Å². The molecule has 2 aliphatic heterocycles. The number of hydrogen-bond donors (Lipinski definition) is 2. The van der Waals surface area contributed by atoms with Crippen molar-refractivity contribution in [3.8, 4) is 17.2 Å². The van der Waals surface area contributed by atoms with Gasteiger partial charge < -0.3 is 10.5 Å². The summed E-state index contributed by atoms with van der Waals surface area (Å²) < 4.78 is 7.22. The number of amides is 2. The van der Waals surface area contributed by atoms with Crippen LogP contribution >= 0.6 is 0 Å². The van der Waals surface area contributed by atoms with Crippen molar-refractivity contribution in [2.75, 3.05) is 5.73 Å². The number of aromatic nitrogens is 1. The Balaban J connectivity index is 1.68. The summed E-state index contributed by atoms with van der Waals surface area (Å²) >= 11 is 0. The zero-order valence-corrected chi connectivity index (χ0v) is 14.4. The minimum Gasteiger partial charge on any atom is -0.456 e. The Morgan fingerprint density at radius 1 is 0.857 bits per heavy atom. The predicted octanol–water partition coefficient (Wildman–Crippen LogP) is 2.58. The molecule has 0 saturated heterocycles. The molecule has 136 valence electrons. The van der Waals surface area contributed by atoms with Crippen LogP contribution in [-0.4, -0.2) is 16.4 Å². The summed E-state index contributed by atoms with van der Waals surface area (Å²) in [5.41, 5.74) is 7.79. The molecule has 0 atom stereocenters. The molecule has 1 aromatic heterocycles. The maximum absolute atomic E-state index is 12.6. The second-order valence-electron chi connectivity index (χ2n) is 6.47. The first-order valence-corrected chi connectivity index (χ1v) is 8.53. The number of hydrogen-bond acceptors (Lipinski definition) is 5. The number of nitrogen functional groups attached to an aromatic ring is 1. The molecular formula is C21H13N3O4. The minimum absolute atomic E-state index is 0.00528. The van der Waals surface area contributed by atoms with Crippen LogP contribution in [0.4, 0.5) is 5.82 Å². The number of para-hydroxylation sites is 1. The minimum atomic E-state index is -0.622. The van der Waals surface area contributed by atoms with Crippen LogP contribution < -0.4 is 21.3 Å². The van der Waals surface area contributed by atoms with E-state index in [1.807, 2.05) is 36.4 Å². The van der Waals surface area contributed by atoms with Gasteiger partial charge in [0.25, 0.3) is 17.4 Å². The van der Waals surface area contributed by atoms with E-state index < -0.39 is 17.4 Å². The topological polar surface area (TPSA) is 103 Å². The molecule has 7 heteroatoms. The third-order valence-electron chi connectivity index (χ3n) is 4.79. The molecule has 0 aliphatic carbocycles. The molecule has 2 aromatic carbocycles. The highest BCUT2D eigenvalue weighted by Gasteiger charge is 2.32. The van der Waals surface area contributed by atoms with Crippen molar-refractivity contribution in [1.29, 1.82) is 0 Å². The van der Waals surface area contributed by atoms with E-state index in [9.17, 15) is 14.4 Å². The Morgan fingerprint density at radius 2 is 1.61 bits per heavy atom. The number of pyridine rings is 1. The lowest BCUT2D eigenvalue weighted by Gasteiger charge is -2.14. The number of imide groups is 1. The molecule has 5 rings (SSSR count). The molecule has 0 fully saturated rings. The van der Waals surface area contributed by atoms with Crippen molar-refractivity contribution in [3.63, 3.8) is 0 Å². The first kappa shape index (κ1) is 16.1. The van der Waals surface area contributed by atoms with Crippen LogP contribution in [0.25, 0.3) is 17.8 Å². The highest BCUT2D eigenvalue weighted by atomic mass is 16.5. The number of carbonyl (C=O) groups excluding carboxylic acids is 2. The largest absolute Gasteiger partial charge is 0.456 e. The number of fused-ring (bicyclic) bond motifs is 3. The van der Waals surface area contributed by atoms with Gasteiger partial charge in [-0.1, -0.05) is 30.4 Å². The summed E-state index contributed by atoms with van der Waals surface area (Å²) in [6.07, 6.45) is 3.87. The Labute approximate surface area is 158 Å². The molecule has 0 saturated carbocycles. The normalized spacial score (nSPS) is 13.9. The second kappa shape index (κ2) is 5.68. The predicted molar refractivity (Wildman–Crippen MR) is 104 cm³/mol. The Bertz CT molecular complexity index is 1290. The lowest BCUT2D eigenvalue weighted by Crippen LogP contribution is -2.24. The number of carbonyl (C=O) groups is 2.